The Hall–Kier alpha value is -1.84. The molecular formula is C13H12FN3OS. The first-order valence-electron chi connectivity index (χ1n) is 5.59. The number of nitrogens with zero attached hydrogens (tertiary/aromatic N) is 2. The van der Waals surface area contributed by atoms with Gasteiger partial charge in [-0.15, -0.1) is 10.2 Å². The Morgan fingerprint density at radius 1 is 1.42 bits per heavy atom. The van der Waals surface area contributed by atoms with E-state index in [0.29, 0.717) is 28.0 Å². The smallest absolute Gasteiger partial charge is 0.276 e. The second-order valence-electron chi connectivity index (χ2n) is 3.69. The normalized spacial score (nSPS) is 10.1. The highest BCUT2D eigenvalue weighted by molar-refractivity contribution is 7.98. The van der Waals surface area contributed by atoms with Crippen molar-refractivity contribution in [3.05, 3.63) is 41.0 Å². The molecule has 0 amide bonds. The van der Waals surface area contributed by atoms with Crippen molar-refractivity contribution in [1.82, 2.24) is 10.2 Å². The van der Waals surface area contributed by atoms with Gasteiger partial charge in [0.15, 0.2) is 0 Å². The molecule has 0 aliphatic rings. The average molecular weight is 277 g/mol. The Balaban J connectivity index is 2.05. The minimum atomic E-state index is -0.299. The number of halogens is 1. The van der Waals surface area contributed by atoms with Gasteiger partial charge in [-0.05, 0) is 17.7 Å². The van der Waals surface area contributed by atoms with Gasteiger partial charge in [-0.1, -0.05) is 29.7 Å². The van der Waals surface area contributed by atoms with Crippen LogP contribution in [0.1, 0.15) is 17.0 Å². The number of rotatable bonds is 3. The van der Waals surface area contributed by atoms with Gasteiger partial charge in [0.1, 0.15) is 5.82 Å². The summed E-state index contributed by atoms with van der Waals surface area (Å²) in [5.41, 5.74) is 6.45. The van der Waals surface area contributed by atoms with E-state index < -0.39 is 0 Å². The van der Waals surface area contributed by atoms with Crippen molar-refractivity contribution >= 4 is 11.8 Å². The Kier molecular flexibility index (Phi) is 4.55. The molecule has 4 nitrogen and oxygen atoms in total. The molecule has 1 heterocycles. The maximum atomic E-state index is 13.8. The van der Waals surface area contributed by atoms with Crippen LogP contribution in [0.2, 0.25) is 0 Å². The molecule has 19 heavy (non-hydrogen) atoms. The molecule has 0 atom stereocenters. The monoisotopic (exact) mass is 277 g/mol. The summed E-state index contributed by atoms with van der Waals surface area (Å²) < 4.78 is 19.0. The van der Waals surface area contributed by atoms with Crippen LogP contribution < -0.4 is 5.73 Å². The second kappa shape index (κ2) is 6.36. The molecule has 2 aromatic rings. The van der Waals surface area contributed by atoms with Gasteiger partial charge in [0.2, 0.25) is 5.89 Å². The van der Waals surface area contributed by atoms with Gasteiger partial charge >= 0.3 is 0 Å². The predicted molar refractivity (Wildman–Crippen MR) is 70.9 cm³/mol. The van der Waals surface area contributed by atoms with E-state index in [-0.39, 0.29) is 12.4 Å². The Labute approximate surface area is 114 Å². The van der Waals surface area contributed by atoms with Crippen molar-refractivity contribution in [2.24, 2.45) is 5.73 Å². The zero-order chi connectivity index (χ0) is 13.7. The summed E-state index contributed by atoms with van der Waals surface area (Å²) in [6.45, 7) is 1.97. The van der Waals surface area contributed by atoms with Crippen LogP contribution in [-0.4, -0.2) is 16.7 Å². The van der Waals surface area contributed by atoms with Gasteiger partial charge in [0, 0.05) is 18.2 Å². The second-order valence-corrected chi connectivity index (χ2v) is 4.61. The third-order valence-corrected chi connectivity index (χ3v) is 3.11. The molecule has 2 N–H and O–H groups in total. The van der Waals surface area contributed by atoms with Crippen LogP contribution in [0.15, 0.2) is 27.8 Å². The minimum absolute atomic E-state index is 0.260. The zero-order valence-corrected chi connectivity index (χ0v) is 11.1. The average Bonchev–Trinajstić information content (AvgIpc) is 2.81. The number of benzene rings is 1. The van der Waals surface area contributed by atoms with Crippen LogP contribution in [-0.2, 0) is 5.75 Å². The molecule has 6 heteroatoms. The van der Waals surface area contributed by atoms with Crippen molar-refractivity contribution in [2.45, 2.75) is 17.9 Å². The lowest BCUT2D eigenvalue weighted by Gasteiger charge is -2.01. The molecular weight excluding hydrogens is 265 g/mol. The van der Waals surface area contributed by atoms with Crippen LogP contribution in [0.3, 0.4) is 0 Å². The molecule has 0 spiro atoms. The Morgan fingerprint density at radius 2 is 2.26 bits per heavy atom. The molecule has 0 saturated heterocycles. The minimum Gasteiger partial charge on any atom is -0.416 e. The number of aromatic nitrogens is 2. The highest BCUT2D eigenvalue weighted by Crippen LogP contribution is 2.23. The van der Waals surface area contributed by atoms with Crippen molar-refractivity contribution < 1.29 is 8.81 Å². The third kappa shape index (κ3) is 3.81. The summed E-state index contributed by atoms with van der Waals surface area (Å²) in [7, 11) is 0. The van der Waals surface area contributed by atoms with Gasteiger partial charge in [0.25, 0.3) is 5.22 Å². The van der Waals surface area contributed by atoms with E-state index in [1.807, 2.05) is 0 Å². The highest BCUT2D eigenvalue weighted by Gasteiger charge is 2.07. The highest BCUT2D eigenvalue weighted by atomic mass is 32.2. The summed E-state index contributed by atoms with van der Waals surface area (Å²) >= 11 is 1.30. The molecule has 2 rings (SSSR count). The summed E-state index contributed by atoms with van der Waals surface area (Å²) in [5.74, 6) is 6.10. The largest absolute Gasteiger partial charge is 0.416 e. The fourth-order valence-electron chi connectivity index (χ4n) is 1.37. The van der Waals surface area contributed by atoms with Gasteiger partial charge in [0.05, 0.1) is 6.54 Å². The number of aryl methyl sites for hydroxylation is 1. The number of hydrogen-bond acceptors (Lipinski definition) is 5. The fourth-order valence-corrected chi connectivity index (χ4v) is 2.16. The van der Waals surface area contributed by atoms with Crippen molar-refractivity contribution in [3.8, 4) is 11.8 Å². The van der Waals surface area contributed by atoms with Gasteiger partial charge in [-0.25, -0.2) is 4.39 Å². The maximum Gasteiger partial charge on any atom is 0.276 e. The van der Waals surface area contributed by atoms with Crippen LogP contribution >= 0.6 is 11.8 Å². The molecule has 1 aromatic heterocycles. The van der Waals surface area contributed by atoms with Crippen LogP contribution in [0.4, 0.5) is 4.39 Å². The van der Waals surface area contributed by atoms with Crippen molar-refractivity contribution in [3.63, 3.8) is 0 Å². The van der Waals surface area contributed by atoms with Crippen molar-refractivity contribution in [2.75, 3.05) is 6.54 Å². The van der Waals surface area contributed by atoms with E-state index >= 15 is 0 Å². The molecule has 0 radical (unpaired) electrons. The van der Waals surface area contributed by atoms with Gasteiger partial charge in [-0.2, -0.15) is 0 Å². The lowest BCUT2D eigenvalue weighted by Crippen LogP contribution is -1.94. The van der Waals surface area contributed by atoms with E-state index in [2.05, 4.69) is 22.0 Å². The molecule has 0 saturated carbocycles. The van der Waals surface area contributed by atoms with Gasteiger partial charge in [-0.3, -0.25) is 0 Å². The third-order valence-electron chi connectivity index (χ3n) is 2.25. The van der Waals surface area contributed by atoms with E-state index in [1.54, 1.807) is 19.1 Å². The maximum absolute atomic E-state index is 13.8. The summed E-state index contributed by atoms with van der Waals surface area (Å²) in [6.07, 6.45) is 0. The quantitative estimate of drug-likeness (QED) is 0.687. The molecule has 1 aromatic carbocycles. The van der Waals surface area contributed by atoms with Crippen LogP contribution in [0.25, 0.3) is 0 Å². The predicted octanol–water partition coefficient (Wildman–Crippen LogP) is 2.12. The Bertz CT molecular complexity index is 630. The molecule has 0 aliphatic carbocycles. The molecule has 98 valence electrons. The SMILES string of the molecule is Cc1nnc(SCc2ccc(C#CCN)cc2F)o1. The molecule has 0 bridgehead atoms. The lowest BCUT2D eigenvalue weighted by atomic mass is 10.1. The van der Waals surface area contributed by atoms with Crippen molar-refractivity contribution in [1.29, 1.82) is 0 Å². The first-order chi connectivity index (χ1) is 9.19. The van der Waals surface area contributed by atoms with Gasteiger partial charge < -0.3 is 10.2 Å². The Morgan fingerprint density at radius 3 is 2.89 bits per heavy atom. The van der Waals surface area contributed by atoms with Crippen LogP contribution in [0, 0.1) is 24.6 Å². The van der Waals surface area contributed by atoms with E-state index in [1.165, 1.54) is 17.8 Å². The van der Waals surface area contributed by atoms with E-state index in [9.17, 15) is 4.39 Å². The molecule has 0 aliphatic heterocycles. The summed E-state index contributed by atoms with van der Waals surface area (Å²) in [5, 5.41) is 7.98. The van der Waals surface area contributed by atoms with E-state index in [0.717, 1.165) is 0 Å². The first-order valence-corrected chi connectivity index (χ1v) is 6.58. The number of thioether (sulfide) groups is 1. The zero-order valence-electron chi connectivity index (χ0n) is 10.3. The fraction of sp³-hybridized carbons (Fsp3) is 0.231. The first kappa shape index (κ1) is 13.6. The van der Waals surface area contributed by atoms with E-state index in [4.69, 9.17) is 10.2 Å². The molecule has 0 fully saturated rings. The van der Waals surface area contributed by atoms with Crippen LogP contribution in [0.5, 0.6) is 0 Å². The number of hydrogen-bond donors (Lipinski definition) is 1. The number of nitrogens with two attached hydrogens (primary N) is 1. The lowest BCUT2D eigenvalue weighted by molar-refractivity contribution is 0.429. The molecule has 0 unspecified atom stereocenters. The topological polar surface area (TPSA) is 64.9 Å². The standard InChI is InChI=1S/C13H12FN3OS/c1-9-16-17-13(18-9)19-8-11-5-4-10(3-2-6-15)7-12(11)14/h4-5,7H,6,8,15H2,1H3. The summed E-state index contributed by atoms with van der Waals surface area (Å²) in [4.78, 5) is 0. The summed E-state index contributed by atoms with van der Waals surface area (Å²) in [6, 6.07) is 4.87.